The molecule has 0 fully saturated rings. The number of unbranched alkanes of at least 4 members (excludes halogenated alkanes) is 3. The predicted molar refractivity (Wildman–Crippen MR) is 72.9 cm³/mol. The number of rotatable bonds is 9. The molecule has 0 aromatic carbocycles. The third kappa shape index (κ3) is 6.27. The van der Waals surface area contributed by atoms with Crippen LogP contribution in [0.1, 0.15) is 45.1 Å². The largest absolute Gasteiger partial charge is 0.310 e. The summed E-state index contributed by atoms with van der Waals surface area (Å²) in [6.45, 7) is 9.98. The number of nitrogens with one attached hydrogen (secondary N) is 1. The maximum absolute atomic E-state index is 4.37. The van der Waals surface area contributed by atoms with Gasteiger partial charge in [-0.05, 0) is 19.3 Å². The van der Waals surface area contributed by atoms with Gasteiger partial charge in [-0.1, -0.05) is 26.3 Å². The molecule has 0 bridgehead atoms. The standard InChI is InChI=1S/C14H25N3/c1-4-5-6-7-8-9-17-12-14(11-16-17)10-15-13(2)3/h4,11-13,15H,1,5-10H2,2-3H3. The first-order valence-electron chi connectivity index (χ1n) is 6.58. The number of hydrogen-bond acceptors (Lipinski definition) is 2. The van der Waals surface area contributed by atoms with Crippen LogP contribution in [0.15, 0.2) is 25.0 Å². The predicted octanol–water partition coefficient (Wildman–Crippen LogP) is 3.13. The van der Waals surface area contributed by atoms with Crippen LogP contribution < -0.4 is 5.32 Å². The highest BCUT2D eigenvalue weighted by Crippen LogP contribution is 2.04. The molecule has 0 saturated heterocycles. The molecule has 17 heavy (non-hydrogen) atoms. The van der Waals surface area contributed by atoms with Gasteiger partial charge in [0.15, 0.2) is 0 Å². The highest BCUT2D eigenvalue weighted by molar-refractivity contribution is 5.03. The molecule has 0 unspecified atom stereocenters. The topological polar surface area (TPSA) is 29.9 Å². The zero-order valence-electron chi connectivity index (χ0n) is 11.2. The summed E-state index contributed by atoms with van der Waals surface area (Å²) in [6, 6.07) is 0.525. The third-order valence-electron chi connectivity index (χ3n) is 2.70. The number of aromatic nitrogens is 2. The lowest BCUT2D eigenvalue weighted by atomic mass is 10.2. The lowest BCUT2D eigenvalue weighted by Crippen LogP contribution is -2.21. The molecule has 1 rings (SSSR count). The molecule has 0 spiro atoms. The van der Waals surface area contributed by atoms with Crippen LogP contribution in [0.25, 0.3) is 0 Å². The Hall–Kier alpha value is -1.09. The van der Waals surface area contributed by atoms with Gasteiger partial charge in [-0.25, -0.2) is 0 Å². The summed E-state index contributed by atoms with van der Waals surface area (Å²) in [5, 5.41) is 7.76. The molecule has 96 valence electrons. The van der Waals surface area contributed by atoms with Crippen molar-refractivity contribution >= 4 is 0 Å². The van der Waals surface area contributed by atoms with Crippen molar-refractivity contribution in [2.24, 2.45) is 0 Å². The van der Waals surface area contributed by atoms with E-state index in [-0.39, 0.29) is 0 Å². The highest BCUT2D eigenvalue weighted by Gasteiger charge is 1.99. The Morgan fingerprint density at radius 3 is 2.94 bits per heavy atom. The molecule has 1 aromatic heterocycles. The summed E-state index contributed by atoms with van der Waals surface area (Å²) in [4.78, 5) is 0. The van der Waals surface area contributed by atoms with E-state index < -0.39 is 0 Å². The van der Waals surface area contributed by atoms with Crippen molar-refractivity contribution in [1.82, 2.24) is 15.1 Å². The van der Waals surface area contributed by atoms with Crippen LogP contribution in [0.3, 0.4) is 0 Å². The first-order valence-corrected chi connectivity index (χ1v) is 6.58. The van der Waals surface area contributed by atoms with E-state index in [0.29, 0.717) is 6.04 Å². The first-order chi connectivity index (χ1) is 8.22. The fraction of sp³-hybridized carbons (Fsp3) is 0.643. The molecular formula is C14H25N3. The lowest BCUT2D eigenvalue weighted by molar-refractivity contribution is 0.544. The Morgan fingerprint density at radius 1 is 1.41 bits per heavy atom. The second kappa shape index (κ2) is 8.07. The summed E-state index contributed by atoms with van der Waals surface area (Å²) in [7, 11) is 0. The number of nitrogens with zero attached hydrogens (tertiary/aromatic N) is 2. The van der Waals surface area contributed by atoms with E-state index in [9.17, 15) is 0 Å². The van der Waals surface area contributed by atoms with Crippen molar-refractivity contribution in [3.05, 3.63) is 30.6 Å². The van der Waals surface area contributed by atoms with E-state index in [4.69, 9.17) is 0 Å². The molecule has 1 N–H and O–H groups in total. The second-order valence-electron chi connectivity index (χ2n) is 4.79. The molecule has 0 saturated carbocycles. The molecule has 0 amide bonds. The van der Waals surface area contributed by atoms with Crippen LogP contribution in [-0.4, -0.2) is 15.8 Å². The molecule has 3 nitrogen and oxygen atoms in total. The fourth-order valence-electron chi connectivity index (χ4n) is 1.68. The smallest absolute Gasteiger partial charge is 0.0534 e. The molecule has 1 heterocycles. The SMILES string of the molecule is C=CCCCCCn1cc(CNC(C)C)cn1. The molecule has 0 radical (unpaired) electrons. The summed E-state index contributed by atoms with van der Waals surface area (Å²) >= 11 is 0. The number of aryl methyl sites for hydroxylation is 1. The maximum Gasteiger partial charge on any atom is 0.0534 e. The van der Waals surface area contributed by atoms with Crippen LogP contribution in [0.5, 0.6) is 0 Å². The molecule has 3 heteroatoms. The van der Waals surface area contributed by atoms with Gasteiger partial charge in [0.2, 0.25) is 0 Å². The number of allylic oxidation sites excluding steroid dienone is 1. The summed E-state index contributed by atoms with van der Waals surface area (Å²) in [5.41, 5.74) is 1.27. The fourth-order valence-corrected chi connectivity index (χ4v) is 1.68. The molecule has 0 atom stereocenters. The van der Waals surface area contributed by atoms with Crippen molar-refractivity contribution in [3.63, 3.8) is 0 Å². The van der Waals surface area contributed by atoms with E-state index in [0.717, 1.165) is 19.5 Å². The van der Waals surface area contributed by atoms with Gasteiger partial charge in [-0.3, -0.25) is 4.68 Å². The summed E-state index contributed by atoms with van der Waals surface area (Å²) in [6.07, 6.45) is 10.9. The van der Waals surface area contributed by atoms with E-state index in [1.165, 1.54) is 24.8 Å². The van der Waals surface area contributed by atoms with E-state index in [1.807, 2.05) is 17.0 Å². The van der Waals surface area contributed by atoms with Gasteiger partial charge in [0.05, 0.1) is 6.20 Å². The minimum absolute atomic E-state index is 0.525. The molecule has 1 aromatic rings. The van der Waals surface area contributed by atoms with E-state index >= 15 is 0 Å². The summed E-state index contributed by atoms with van der Waals surface area (Å²) < 4.78 is 2.05. The third-order valence-corrected chi connectivity index (χ3v) is 2.70. The van der Waals surface area contributed by atoms with Gasteiger partial charge in [0, 0.05) is 30.9 Å². The summed E-state index contributed by atoms with van der Waals surface area (Å²) in [5.74, 6) is 0. The maximum atomic E-state index is 4.37. The zero-order chi connectivity index (χ0) is 12.5. The number of hydrogen-bond donors (Lipinski definition) is 1. The van der Waals surface area contributed by atoms with Gasteiger partial charge in [-0.2, -0.15) is 5.10 Å². The van der Waals surface area contributed by atoms with Gasteiger partial charge < -0.3 is 5.32 Å². The van der Waals surface area contributed by atoms with Crippen molar-refractivity contribution < 1.29 is 0 Å². The molecular weight excluding hydrogens is 210 g/mol. The van der Waals surface area contributed by atoms with Crippen molar-refractivity contribution in [2.75, 3.05) is 0 Å². The minimum atomic E-state index is 0.525. The van der Waals surface area contributed by atoms with Crippen LogP contribution >= 0.6 is 0 Å². The van der Waals surface area contributed by atoms with E-state index in [2.05, 4.69) is 37.0 Å². The Morgan fingerprint density at radius 2 is 2.24 bits per heavy atom. The average molecular weight is 235 g/mol. The highest BCUT2D eigenvalue weighted by atomic mass is 15.3. The average Bonchev–Trinajstić information content (AvgIpc) is 2.74. The van der Waals surface area contributed by atoms with Crippen LogP contribution in [0.2, 0.25) is 0 Å². The lowest BCUT2D eigenvalue weighted by Gasteiger charge is -2.05. The van der Waals surface area contributed by atoms with Crippen molar-refractivity contribution in [3.8, 4) is 0 Å². The minimum Gasteiger partial charge on any atom is -0.310 e. The molecule has 0 aliphatic heterocycles. The Balaban J connectivity index is 2.18. The normalized spacial score (nSPS) is 11.0. The first kappa shape index (κ1) is 14.0. The zero-order valence-corrected chi connectivity index (χ0v) is 11.2. The quantitative estimate of drug-likeness (QED) is 0.526. The van der Waals surface area contributed by atoms with Gasteiger partial charge in [0.25, 0.3) is 0 Å². The van der Waals surface area contributed by atoms with Crippen LogP contribution in [0.4, 0.5) is 0 Å². The second-order valence-corrected chi connectivity index (χ2v) is 4.79. The van der Waals surface area contributed by atoms with Crippen molar-refractivity contribution in [1.29, 1.82) is 0 Å². The molecule has 0 aliphatic rings. The van der Waals surface area contributed by atoms with Gasteiger partial charge >= 0.3 is 0 Å². The van der Waals surface area contributed by atoms with E-state index in [1.54, 1.807) is 0 Å². The van der Waals surface area contributed by atoms with Gasteiger partial charge in [0.1, 0.15) is 0 Å². The van der Waals surface area contributed by atoms with Gasteiger partial charge in [-0.15, -0.1) is 6.58 Å². The monoisotopic (exact) mass is 235 g/mol. The Kier molecular flexibility index (Phi) is 6.63. The Bertz CT molecular complexity index is 315. The Labute approximate surface area is 105 Å². The van der Waals surface area contributed by atoms with Crippen molar-refractivity contribution in [2.45, 2.75) is 58.7 Å². The van der Waals surface area contributed by atoms with Crippen LogP contribution in [0, 0.1) is 0 Å². The molecule has 0 aliphatic carbocycles. The van der Waals surface area contributed by atoms with Crippen LogP contribution in [-0.2, 0) is 13.1 Å².